The number of carbonyl (C=O) groups excluding carboxylic acids is 1. The summed E-state index contributed by atoms with van der Waals surface area (Å²) in [5.74, 6) is -0.286. The Hall–Kier alpha value is -3.02. The fraction of sp³-hybridized carbons (Fsp3) is 0.263. The fourth-order valence-corrected chi connectivity index (χ4v) is 2.89. The summed E-state index contributed by atoms with van der Waals surface area (Å²) in [6.07, 6.45) is 0.811. The van der Waals surface area contributed by atoms with Crippen molar-refractivity contribution in [3.8, 4) is 11.5 Å². The number of carbonyl (C=O) groups is 2. The van der Waals surface area contributed by atoms with E-state index in [2.05, 4.69) is 5.32 Å². The smallest absolute Gasteiger partial charge is 0.330 e. The number of rotatable bonds is 5. The molecular weight excluding hydrogens is 322 g/mol. The molecule has 0 radical (unpaired) electrons. The van der Waals surface area contributed by atoms with Gasteiger partial charge in [-0.1, -0.05) is 12.1 Å². The second-order valence-electron chi connectivity index (χ2n) is 5.98. The van der Waals surface area contributed by atoms with Crippen LogP contribution in [-0.4, -0.2) is 30.2 Å². The maximum Gasteiger partial charge on any atom is 0.330 e. The summed E-state index contributed by atoms with van der Waals surface area (Å²) in [5.41, 5.74) is 1.80. The minimum Gasteiger partial charge on any atom is -0.497 e. The van der Waals surface area contributed by atoms with E-state index in [0.717, 1.165) is 17.7 Å². The van der Waals surface area contributed by atoms with E-state index in [0.29, 0.717) is 16.9 Å². The van der Waals surface area contributed by atoms with Gasteiger partial charge in [0.1, 0.15) is 17.6 Å². The summed E-state index contributed by atoms with van der Waals surface area (Å²) >= 11 is 0. The Labute approximate surface area is 145 Å². The average molecular weight is 341 g/mol. The number of carboxylic acids is 1. The van der Waals surface area contributed by atoms with Crippen molar-refractivity contribution in [1.29, 1.82) is 0 Å². The zero-order valence-electron chi connectivity index (χ0n) is 14.0. The average Bonchev–Trinajstić information content (AvgIpc) is 2.98. The second-order valence-corrected chi connectivity index (χ2v) is 5.98. The van der Waals surface area contributed by atoms with Crippen molar-refractivity contribution in [2.24, 2.45) is 0 Å². The van der Waals surface area contributed by atoms with Gasteiger partial charge in [0.05, 0.1) is 7.11 Å². The van der Waals surface area contributed by atoms with Gasteiger partial charge in [0, 0.05) is 12.0 Å². The fourth-order valence-electron chi connectivity index (χ4n) is 2.89. The number of aliphatic carboxylic acids is 1. The quantitative estimate of drug-likeness (QED) is 0.873. The van der Waals surface area contributed by atoms with E-state index >= 15 is 0 Å². The molecule has 25 heavy (non-hydrogen) atoms. The molecule has 0 aliphatic carbocycles. The SMILES string of the molecule is COc1cccc([C@H](NC(=O)c2ccc3c(c2)CC(C)O3)C(=O)O)c1. The summed E-state index contributed by atoms with van der Waals surface area (Å²) in [4.78, 5) is 24.1. The lowest BCUT2D eigenvalue weighted by atomic mass is 10.0. The molecule has 1 aliphatic heterocycles. The summed E-state index contributed by atoms with van der Waals surface area (Å²) in [6, 6.07) is 10.6. The van der Waals surface area contributed by atoms with Crippen molar-refractivity contribution in [2.75, 3.05) is 7.11 Å². The summed E-state index contributed by atoms with van der Waals surface area (Å²) in [6.45, 7) is 1.96. The molecule has 2 aromatic carbocycles. The number of ether oxygens (including phenoxy) is 2. The Morgan fingerprint density at radius 2 is 2.08 bits per heavy atom. The van der Waals surface area contributed by atoms with E-state index in [4.69, 9.17) is 9.47 Å². The topological polar surface area (TPSA) is 84.9 Å². The number of hydrogen-bond donors (Lipinski definition) is 2. The Balaban J connectivity index is 1.82. The Kier molecular flexibility index (Phi) is 4.61. The third kappa shape index (κ3) is 3.57. The largest absolute Gasteiger partial charge is 0.497 e. The Bertz CT molecular complexity index is 817. The van der Waals surface area contributed by atoms with Crippen LogP contribution in [0.3, 0.4) is 0 Å². The van der Waals surface area contributed by atoms with E-state index < -0.39 is 17.9 Å². The first kappa shape index (κ1) is 16.8. The van der Waals surface area contributed by atoms with Crippen molar-refractivity contribution in [2.45, 2.75) is 25.5 Å². The van der Waals surface area contributed by atoms with Gasteiger partial charge >= 0.3 is 5.97 Å². The van der Waals surface area contributed by atoms with Gasteiger partial charge in [0.25, 0.3) is 5.91 Å². The number of benzene rings is 2. The van der Waals surface area contributed by atoms with Crippen LogP contribution in [0.5, 0.6) is 11.5 Å². The first-order valence-corrected chi connectivity index (χ1v) is 7.95. The van der Waals surface area contributed by atoms with Gasteiger partial charge in [-0.15, -0.1) is 0 Å². The summed E-state index contributed by atoms with van der Waals surface area (Å²) < 4.78 is 10.7. The van der Waals surface area contributed by atoms with Gasteiger partial charge < -0.3 is 19.9 Å². The monoisotopic (exact) mass is 341 g/mol. The number of carboxylic acid groups (broad SMARTS) is 1. The van der Waals surface area contributed by atoms with Crippen molar-refractivity contribution in [3.63, 3.8) is 0 Å². The highest BCUT2D eigenvalue weighted by molar-refractivity contribution is 5.97. The first-order valence-electron chi connectivity index (χ1n) is 7.95. The molecule has 1 heterocycles. The van der Waals surface area contributed by atoms with E-state index in [1.807, 2.05) is 6.92 Å². The van der Waals surface area contributed by atoms with Gasteiger partial charge in [0.2, 0.25) is 0 Å². The molecule has 2 atom stereocenters. The highest BCUT2D eigenvalue weighted by atomic mass is 16.5. The molecule has 0 saturated heterocycles. The highest BCUT2D eigenvalue weighted by Gasteiger charge is 2.25. The Morgan fingerprint density at radius 3 is 2.80 bits per heavy atom. The third-order valence-electron chi connectivity index (χ3n) is 4.11. The maximum atomic E-state index is 12.5. The van der Waals surface area contributed by atoms with Gasteiger partial charge in [-0.25, -0.2) is 4.79 Å². The van der Waals surface area contributed by atoms with Gasteiger partial charge in [0.15, 0.2) is 6.04 Å². The van der Waals surface area contributed by atoms with Crippen LogP contribution in [0.2, 0.25) is 0 Å². The van der Waals surface area contributed by atoms with Crippen molar-refractivity contribution in [1.82, 2.24) is 5.32 Å². The summed E-state index contributed by atoms with van der Waals surface area (Å²) in [5, 5.41) is 12.1. The number of amides is 1. The highest BCUT2D eigenvalue weighted by Crippen LogP contribution is 2.29. The molecule has 1 amide bonds. The molecule has 6 heteroatoms. The molecule has 130 valence electrons. The van der Waals surface area contributed by atoms with Crippen LogP contribution in [0.25, 0.3) is 0 Å². The van der Waals surface area contributed by atoms with Crippen LogP contribution in [-0.2, 0) is 11.2 Å². The number of fused-ring (bicyclic) bond motifs is 1. The lowest BCUT2D eigenvalue weighted by Gasteiger charge is -2.16. The lowest BCUT2D eigenvalue weighted by Crippen LogP contribution is -2.33. The molecule has 3 rings (SSSR count). The normalized spacial score (nSPS) is 16.5. The zero-order valence-corrected chi connectivity index (χ0v) is 14.0. The van der Waals surface area contributed by atoms with E-state index in [9.17, 15) is 14.7 Å². The van der Waals surface area contributed by atoms with Crippen molar-refractivity contribution >= 4 is 11.9 Å². The summed E-state index contributed by atoms with van der Waals surface area (Å²) in [7, 11) is 1.50. The molecule has 0 saturated carbocycles. The van der Waals surface area contributed by atoms with Crippen molar-refractivity contribution < 1.29 is 24.2 Å². The third-order valence-corrected chi connectivity index (χ3v) is 4.11. The minimum absolute atomic E-state index is 0.0804. The molecule has 2 aromatic rings. The minimum atomic E-state index is -1.16. The van der Waals surface area contributed by atoms with Crippen LogP contribution < -0.4 is 14.8 Å². The van der Waals surface area contributed by atoms with E-state index in [1.54, 1.807) is 42.5 Å². The molecule has 1 unspecified atom stereocenters. The van der Waals surface area contributed by atoms with E-state index in [-0.39, 0.29) is 6.10 Å². The molecule has 0 aromatic heterocycles. The number of nitrogens with one attached hydrogen (secondary N) is 1. The van der Waals surface area contributed by atoms with Crippen LogP contribution in [0.15, 0.2) is 42.5 Å². The standard InChI is InChI=1S/C19H19NO5/c1-11-8-14-9-13(6-7-16(14)25-11)18(21)20-17(19(22)23)12-4-3-5-15(10-12)24-2/h3-7,9-11,17H,8H2,1-2H3,(H,20,21)(H,22,23)/t11?,17-/m0/s1. The number of methoxy groups -OCH3 is 1. The second kappa shape index (κ2) is 6.84. The molecule has 1 aliphatic rings. The predicted octanol–water partition coefficient (Wildman–Crippen LogP) is 2.57. The molecule has 0 bridgehead atoms. The van der Waals surface area contributed by atoms with E-state index in [1.165, 1.54) is 7.11 Å². The molecule has 2 N–H and O–H groups in total. The van der Waals surface area contributed by atoms with Crippen LogP contribution in [0.1, 0.15) is 34.5 Å². The van der Waals surface area contributed by atoms with Gasteiger partial charge in [-0.05, 0) is 48.4 Å². The lowest BCUT2D eigenvalue weighted by molar-refractivity contribution is -0.139. The maximum absolute atomic E-state index is 12.5. The van der Waals surface area contributed by atoms with Gasteiger partial charge in [-0.2, -0.15) is 0 Å². The van der Waals surface area contributed by atoms with Crippen molar-refractivity contribution in [3.05, 3.63) is 59.2 Å². The molecule has 0 spiro atoms. The molecule has 6 nitrogen and oxygen atoms in total. The molecular formula is C19H19NO5. The Morgan fingerprint density at radius 1 is 1.28 bits per heavy atom. The van der Waals surface area contributed by atoms with Gasteiger partial charge in [-0.3, -0.25) is 4.79 Å². The molecule has 0 fully saturated rings. The predicted molar refractivity (Wildman–Crippen MR) is 91.1 cm³/mol. The zero-order chi connectivity index (χ0) is 18.0. The first-order chi connectivity index (χ1) is 12.0. The van der Waals surface area contributed by atoms with Crippen LogP contribution in [0, 0.1) is 0 Å². The van der Waals surface area contributed by atoms with Crippen LogP contribution >= 0.6 is 0 Å². The van der Waals surface area contributed by atoms with Crippen LogP contribution in [0.4, 0.5) is 0 Å². The number of hydrogen-bond acceptors (Lipinski definition) is 4.